The summed E-state index contributed by atoms with van der Waals surface area (Å²) in [5.41, 5.74) is 1.60. The molecule has 0 aromatic heterocycles. The Balaban J connectivity index is 1.91. The third kappa shape index (κ3) is 4.88. The van der Waals surface area contributed by atoms with E-state index in [0.29, 0.717) is 12.1 Å². The summed E-state index contributed by atoms with van der Waals surface area (Å²) in [6.07, 6.45) is 0. The second-order valence-electron chi connectivity index (χ2n) is 5.49. The molecule has 0 aliphatic heterocycles. The third-order valence-electron chi connectivity index (χ3n) is 3.83. The first-order chi connectivity index (χ1) is 11.0. The van der Waals surface area contributed by atoms with Crippen LogP contribution < -0.4 is 5.32 Å². The van der Waals surface area contributed by atoms with E-state index in [1.165, 1.54) is 6.07 Å². The minimum Gasteiger partial charge on any atom is -0.351 e. The van der Waals surface area contributed by atoms with Crippen LogP contribution in [0, 0.1) is 5.82 Å². The predicted octanol–water partition coefficient (Wildman–Crippen LogP) is 3.72. The van der Waals surface area contributed by atoms with Gasteiger partial charge in [0.15, 0.2) is 0 Å². The van der Waals surface area contributed by atoms with E-state index in [2.05, 4.69) is 21.2 Å². The van der Waals surface area contributed by atoms with E-state index >= 15 is 0 Å². The highest BCUT2D eigenvalue weighted by Crippen LogP contribution is 2.18. The molecule has 0 saturated heterocycles. The average Bonchev–Trinajstić information content (AvgIpc) is 2.55. The summed E-state index contributed by atoms with van der Waals surface area (Å²) in [5, 5.41) is 2.79. The van der Waals surface area contributed by atoms with Crippen molar-refractivity contribution >= 4 is 21.8 Å². The number of hydrogen-bond acceptors (Lipinski definition) is 2. The SMILES string of the molecule is CC(C(=O)NCc1ccccc1F)N(C)Cc1ccccc1Br. The first kappa shape index (κ1) is 17.6. The topological polar surface area (TPSA) is 32.3 Å². The van der Waals surface area contributed by atoms with Crippen molar-refractivity contribution in [2.75, 3.05) is 7.05 Å². The van der Waals surface area contributed by atoms with Crippen molar-refractivity contribution < 1.29 is 9.18 Å². The van der Waals surface area contributed by atoms with E-state index in [1.54, 1.807) is 18.2 Å². The molecule has 122 valence electrons. The second kappa shape index (κ2) is 8.22. The lowest BCUT2D eigenvalue weighted by atomic mass is 10.1. The fourth-order valence-electron chi connectivity index (χ4n) is 2.20. The highest BCUT2D eigenvalue weighted by atomic mass is 79.9. The molecule has 0 radical (unpaired) electrons. The van der Waals surface area contributed by atoms with Gasteiger partial charge in [0.1, 0.15) is 5.82 Å². The molecule has 2 rings (SSSR count). The molecule has 0 aliphatic carbocycles. The number of rotatable bonds is 6. The van der Waals surface area contributed by atoms with Crippen LogP contribution in [-0.2, 0) is 17.9 Å². The number of nitrogens with zero attached hydrogens (tertiary/aromatic N) is 1. The van der Waals surface area contributed by atoms with Gasteiger partial charge in [0.2, 0.25) is 5.91 Å². The van der Waals surface area contributed by atoms with Crippen LogP contribution in [0.25, 0.3) is 0 Å². The van der Waals surface area contributed by atoms with Crippen molar-refractivity contribution in [2.45, 2.75) is 26.1 Å². The van der Waals surface area contributed by atoms with Crippen LogP contribution in [0.5, 0.6) is 0 Å². The minimum atomic E-state index is -0.311. The van der Waals surface area contributed by atoms with Crippen LogP contribution in [0.1, 0.15) is 18.1 Å². The predicted molar refractivity (Wildman–Crippen MR) is 93.3 cm³/mol. The monoisotopic (exact) mass is 378 g/mol. The van der Waals surface area contributed by atoms with Crippen LogP contribution in [0.2, 0.25) is 0 Å². The van der Waals surface area contributed by atoms with Gasteiger partial charge in [-0.25, -0.2) is 4.39 Å². The fourth-order valence-corrected chi connectivity index (χ4v) is 2.61. The van der Waals surface area contributed by atoms with Gasteiger partial charge in [0, 0.05) is 23.1 Å². The molecule has 0 aliphatic rings. The number of nitrogens with one attached hydrogen (secondary N) is 1. The molecule has 23 heavy (non-hydrogen) atoms. The fraction of sp³-hybridized carbons (Fsp3) is 0.278. The second-order valence-corrected chi connectivity index (χ2v) is 6.35. The van der Waals surface area contributed by atoms with Crippen LogP contribution in [0.4, 0.5) is 4.39 Å². The van der Waals surface area contributed by atoms with Crippen molar-refractivity contribution in [1.82, 2.24) is 10.2 Å². The van der Waals surface area contributed by atoms with Gasteiger partial charge in [0.25, 0.3) is 0 Å². The van der Waals surface area contributed by atoms with Gasteiger partial charge in [-0.1, -0.05) is 52.3 Å². The van der Waals surface area contributed by atoms with E-state index in [4.69, 9.17) is 0 Å². The van der Waals surface area contributed by atoms with Crippen molar-refractivity contribution in [2.24, 2.45) is 0 Å². The lowest BCUT2D eigenvalue weighted by Gasteiger charge is -2.24. The maximum absolute atomic E-state index is 13.6. The van der Waals surface area contributed by atoms with Crippen LogP contribution >= 0.6 is 15.9 Å². The highest BCUT2D eigenvalue weighted by Gasteiger charge is 2.18. The molecule has 1 N–H and O–H groups in total. The maximum Gasteiger partial charge on any atom is 0.237 e. The Hall–Kier alpha value is -1.72. The largest absolute Gasteiger partial charge is 0.351 e. The molecule has 0 saturated carbocycles. The van der Waals surface area contributed by atoms with E-state index in [9.17, 15) is 9.18 Å². The van der Waals surface area contributed by atoms with Gasteiger partial charge < -0.3 is 5.32 Å². The number of amides is 1. The summed E-state index contributed by atoms with van der Waals surface area (Å²) in [7, 11) is 1.90. The Bertz CT molecular complexity index is 678. The van der Waals surface area contributed by atoms with E-state index in [-0.39, 0.29) is 24.3 Å². The van der Waals surface area contributed by atoms with Crippen LogP contribution in [0.3, 0.4) is 0 Å². The number of hydrogen-bond donors (Lipinski definition) is 1. The maximum atomic E-state index is 13.6. The molecule has 0 bridgehead atoms. The molecule has 0 heterocycles. The molecule has 1 amide bonds. The Labute approximate surface area is 144 Å². The van der Waals surface area contributed by atoms with Gasteiger partial charge in [-0.15, -0.1) is 0 Å². The molecule has 1 unspecified atom stereocenters. The zero-order valence-electron chi connectivity index (χ0n) is 13.2. The van der Waals surface area contributed by atoms with Crippen molar-refractivity contribution in [3.8, 4) is 0 Å². The van der Waals surface area contributed by atoms with E-state index in [0.717, 1.165) is 10.0 Å². The molecule has 5 heteroatoms. The summed E-state index contributed by atoms with van der Waals surface area (Å²) < 4.78 is 14.6. The Morgan fingerprint density at radius 2 is 1.78 bits per heavy atom. The first-order valence-corrected chi connectivity index (χ1v) is 8.23. The van der Waals surface area contributed by atoms with Gasteiger partial charge in [-0.3, -0.25) is 9.69 Å². The number of carbonyl (C=O) groups excluding carboxylic acids is 1. The van der Waals surface area contributed by atoms with Gasteiger partial charge >= 0.3 is 0 Å². The zero-order chi connectivity index (χ0) is 16.8. The Morgan fingerprint density at radius 3 is 2.43 bits per heavy atom. The molecular weight excluding hydrogens is 359 g/mol. The number of carbonyl (C=O) groups is 1. The Morgan fingerprint density at radius 1 is 1.17 bits per heavy atom. The summed E-state index contributed by atoms with van der Waals surface area (Å²) in [6, 6.07) is 14.1. The normalized spacial score (nSPS) is 12.2. The standard InChI is InChI=1S/C18H20BrFN2O/c1-13(22(2)12-15-8-3-5-9-16(15)19)18(23)21-11-14-7-4-6-10-17(14)20/h3-10,13H,11-12H2,1-2H3,(H,21,23). The first-order valence-electron chi connectivity index (χ1n) is 7.44. The highest BCUT2D eigenvalue weighted by molar-refractivity contribution is 9.10. The quantitative estimate of drug-likeness (QED) is 0.830. The number of benzene rings is 2. The Kier molecular flexibility index (Phi) is 6.30. The molecule has 1 atom stereocenters. The molecule has 2 aromatic carbocycles. The van der Waals surface area contributed by atoms with Crippen LogP contribution in [0.15, 0.2) is 53.0 Å². The number of likely N-dealkylation sites (N-methyl/N-ethyl adjacent to an activating group) is 1. The molecule has 2 aromatic rings. The van der Waals surface area contributed by atoms with Crippen LogP contribution in [-0.4, -0.2) is 23.9 Å². The van der Waals surface area contributed by atoms with E-state index < -0.39 is 0 Å². The summed E-state index contributed by atoms with van der Waals surface area (Å²) >= 11 is 3.51. The summed E-state index contributed by atoms with van der Waals surface area (Å²) in [4.78, 5) is 14.2. The summed E-state index contributed by atoms with van der Waals surface area (Å²) in [6.45, 7) is 2.68. The summed E-state index contributed by atoms with van der Waals surface area (Å²) in [5.74, 6) is -0.426. The number of halogens is 2. The zero-order valence-corrected chi connectivity index (χ0v) is 14.8. The molecule has 3 nitrogen and oxygen atoms in total. The molecule has 0 fully saturated rings. The molecular formula is C18H20BrFN2O. The van der Waals surface area contributed by atoms with Crippen molar-refractivity contribution in [1.29, 1.82) is 0 Å². The van der Waals surface area contributed by atoms with Crippen molar-refractivity contribution in [3.05, 3.63) is 69.9 Å². The van der Waals surface area contributed by atoms with Gasteiger partial charge in [-0.05, 0) is 31.7 Å². The minimum absolute atomic E-state index is 0.122. The lowest BCUT2D eigenvalue weighted by molar-refractivity contribution is -0.125. The smallest absolute Gasteiger partial charge is 0.237 e. The van der Waals surface area contributed by atoms with Gasteiger partial charge in [0.05, 0.1) is 6.04 Å². The van der Waals surface area contributed by atoms with Crippen molar-refractivity contribution in [3.63, 3.8) is 0 Å². The molecule has 0 spiro atoms. The van der Waals surface area contributed by atoms with E-state index in [1.807, 2.05) is 43.1 Å². The van der Waals surface area contributed by atoms with Gasteiger partial charge in [-0.2, -0.15) is 0 Å². The third-order valence-corrected chi connectivity index (χ3v) is 4.60. The average molecular weight is 379 g/mol. The lowest BCUT2D eigenvalue weighted by Crippen LogP contribution is -2.42.